The van der Waals surface area contributed by atoms with Crippen LogP contribution in [0.4, 0.5) is 0 Å². The van der Waals surface area contributed by atoms with Crippen LogP contribution in [0.1, 0.15) is 30.7 Å². The molecule has 0 amide bonds. The molecule has 1 N–H and O–H groups in total. The van der Waals surface area contributed by atoms with Gasteiger partial charge in [-0.2, -0.15) is 0 Å². The Morgan fingerprint density at radius 1 is 1.04 bits per heavy atom. The van der Waals surface area contributed by atoms with E-state index in [9.17, 15) is 0 Å². The molecular weight excluding hydrogens is 298 g/mol. The molecule has 2 heterocycles. The fourth-order valence-electron chi connectivity index (χ4n) is 4.21. The summed E-state index contributed by atoms with van der Waals surface area (Å²) in [6.45, 7) is 5.99. The van der Waals surface area contributed by atoms with Crippen molar-refractivity contribution in [1.82, 2.24) is 15.3 Å². The molecule has 1 aromatic heterocycles. The normalized spacial score (nSPS) is 25.7. The van der Waals surface area contributed by atoms with Crippen molar-refractivity contribution in [3.05, 3.63) is 41.7 Å². The number of hydrogen-bond donors (Lipinski definition) is 1. The number of nitrogens with one attached hydrogen (secondary N) is 1. The summed E-state index contributed by atoms with van der Waals surface area (Å²) >= 11 is 0. The van der Waals surface area contributed by atoms with Gasteiger partial charge in [-0.1, -0.05) is 0 Å². The predicted octanol–water partition coefficient (Wildman–Crippen LogP) is 3.53. The van der Waals surface area contributed by atoms with E-state index < -0.39 is 0 Å². The lowest BCUT2D eigenvalue weighted by molar-refractivity contribution is 0.227. The van der Waals surface area contributed by atoms with Crippen molar-refractivity contribution in [2.45, 2.75) is 39.2 Å². The Hall–Kier alpha value is -1.94. The van der Waals surface area contributed by atoms with Crippen molar-refractivity contribution in [1.29, 1.82) is 0 Å². The zero-order valence-corrected chi connectivity index (χ0v) is 14.5. The number of nitrogens with zero attached hydrogens (tertiary/aromatic N) is 2. The molecule has 126 valence electrons. The van der Waals surface area contributed by atoms with E-state index in [2.05, 4.69) is 27.4 Å². The van der Waals surface area contributed by atoms with Crippen LogP contribution in [0.25, 0.3) is 11.4 Å². The minimum absolute atomic E-state index is 0.653. The summed E-state index contributed by atoms with van der Waals surface area (Å²) in [6, 6.07) is 10.8. The number of aromatic nitrogens is 2. The van der Waals surface area contributed by atoms with Crippen molar-refractivity contribution < 1.29 is 4.74 Å². The van der Waals surface area contributed by atoms with Gasteiger partial charge >= 0.3 is 0 Å². The third kappa shape index (κ3) is 3.16. The monoisotopic (exact) mass is 323 g/mol. The molecule has 1 aromatic carbocycles. The zero-order chi connectivity index (χ0) is 16.5. The van der Waals surface area contributed by atoms with Crippen molar-refractivity contribution in [3.63, 3.8) is 0 Å². The lowest BCUT2D eigenvalue weighted by atomic mass is 10.0. The zero-order valence-electron chi connectivity index (χ0n) is 14.5. The molecule has 24 heavy (non-hydrogen) atoms. The maximum absolute atomic E-state index is 6.06. The van der Waals surface area contributed by atoms with Gasteiger partial charge in [0, 0.05) is 28.9 Å². The predicted molar refractivity (Wildman–Crippen MR) is 95.1 cm³/mol. The largest absolute Gasteiger partial charge is 0.493 e. The van der Waals surface area contributed by atoms with Crippen LogP contribution in [-0.2, 0) is 0 Å². The van der Waals surface area contributed by atoms with Crippen molar-refractivity contribution in [2.75, 3.05) is 13.2 Å². The fourth-order valence-corrected chi connectivity index (χ4v) is 4.21. The summed E-state index contributed by atoms with van der Waals surface area (Å²) in [6.07, 6.45) is 3.98. The van der Waals surface area contributed by atoms with E-state index in [1.165, 1.54) is 25.8 Å². The van der Waals surface area contributed by atoms with Crippen LogP contribution < -0.4 is 10.1 Å². The molecule has 2 aliphatic rings. The average Bonchev–Trinajstić information content (AvgIpc) is 3.16. The maximum Gasteiger partial charge on any atom is 0.159 e. The summed E-state index contributed by atoms with van der Waals surface area (Å²) < 4.78 is 6.06. The lowest BCUT2D eigenvalue weighted by Gasteiger charge is -2.19. The summed E-state index contributed by atoms with van der Waals surface area (Å²) in [4.78, 5) is 9.04. The van der Waals surface area contributed by atoms with Gasteiger partial charge in [-0.3, -0.25) is 0 Å². The van der Waals surface area contributed by atoms with Crippen LogP contribution in [0.5, 0.6) is 5.75 Å². The number of fused-ring (bicyclic) bond motifs is 1. The Morgan fingerprint density at radius 2 is 1.79 bits per heavy atom. The smallest absolute Gasteiger partial charge is 0.159 e. The van der Waals surface area contributed by atoms with Gasteiger partial charge in [-0.15, -0.1) is 0 Å². The standard InChI is InChI=1S/C20H25N3O/c1-13-11-14(2)23-20(22-13)16-5-7-18(8-6-16)24-12-17-4-3-15-9-10-21-19(15)17/h5-8,11,15,17,19,21H,3-4,9-10,12H2,1-2H3. The summed E-state index contributed by atoms with van der Waals surface area (Å²) in [5.41, 5.74) is 3.03. The molecule has 3 atom stereocenters. The molecule has 0 spiro atoms. The van der Waals surface area contributed by atoms with Gasteiger partial charge in [-0.05, 0) is 75.9 Å². The highest BCUT2D eigenvalue weighted by Crippen LogP contribution is 2.37. The number of hydrogen-bond acceptors (Lipinski definition) is 4. The van der Waals surface area contributed by atoms with E-state index in [1.54, 1.807) is 0 Å². The highest BCUT2D eigenvalue weighted by atomic mass is 16.5. The summed E-state index contributed by atoms with van der Waals surface area (Å²) in [7, 11) is 0. The van der Waals surface area contributed by atoms with Gasteiger partial charge in [0.05, 0.1) is 6.61 Å². The van der Waals surface area contributed by atoms with E-state index in [-0.39, 0.29) is 0 Å². The molecular formula is C20H25N3O. The molecule has 0 radical (unpaired) electrons. The first kappa shape index (κ1) is 15.6. The first-order valence-corrected chi connectivity index (χ1v) is 8.98. The van der Waals surface area contributed by atoms with Gasteiger partial charge in [0.15, 0.2) is 5.82 Å². The van der Waals surface area contributed by atoms with Gasteiger partial charge in [-0.25, -0.2) is 9.97 Å². The number of aryl methyl sites for hydroxylation is 2. The minimum Gasteiger partial charge on any atom is -0.493 e. The summed E-state index contributed by atoms with van der Waals surface area (Å²) in [5.74, 6) is 3.25. The van der Waals surface area contributed by atoms with E-state index in [0.717, 1.165) is 41.1 Å². The van der Waals surface area contributed by atoms with E-state index in [1.807, 2.05) is 32.0 Å². The molecule has 2 aromatic rings. The molecule has 2 fully saturated rings. The van der Waals surface area contributed by atoms with Crippen molar-refractivity contribution in [2.24, 2.45) is 11.8 Å². The van der Waals surface area contributed by atoms with Crippen LogP contribution in [-0.4, -0.2) is 29.2 Å². The Balaban J connectivity index is 1.40. The van der Waals surface area contributed by atoms with Crippen molar-refractivity contribution in [3.8, 4) is 17.1 Å². The van der Waals surface area contributed by atoms with Crippen LogP contribution >= 0.6 is 0 Å². The molecule has 4 heteroatoms. The molecule has 4 rings (SSSR count). The lowest BCUT2D eigenvalue weighted by Crippen LogP contribution is -2.33. The highest BCUT2D eigenvalue weighted by molar-refractivity contribution is 5.56. The Kier molecular flexibility index (Phi) is 4.23. The molecule has 1 saturated heterocycles. The topological polar surface area (TPSA) is 47.0 Å². The molecule has 4 nitrogen and oxygen atoms in total. The third-order valence-corrected chi connectivity index (χ3v) is 5.38. The Morgan fingerprint density at radius 3 is 2.54 bits per heavy atom. The van der Waals surface area contributed by atoms with Crippen molar-refractivity contribution >= 4 is 0 Å². The van der Waals surface area contributed by atoms with Gasteiger partial charge < -0.3 is 10.1 Å². The van der Waals surface area contributed by atoms with Crippen LogP contribution in [0.2, 0.25) is 0 Å². The number of rotatable bonds is 4. The third-order valence-electron chi connectivity index (χ3n) is 5.38. The van der Waals surface area contributed by atoms with E-state index in [4.69, 9.17) is 4.74 Å². The highest BCUT2D eigenvalue weighted by Gasteiger charge is 2.39. The van der Waals surface area contributed by atoms with Gasteiger partial charge in [0.1, 0.15) is 5.75 Å². The second-order valence-corrected chi connectivity index (χ2v) is 7.18. The van der Waals surface area contributed by atoms with Gasteiger partial charge in [0.25, 0.3) is 0 Å². The second-order valence-electron chi connectivity index (χ2n) is 7.18. The molecule has 1 aliphatic carbocycles. The van der Waals surface area contributed by atoms with Gasteiger partial charge in [0.2, 0.25) is 0 Å². The minimum atomic E-state index is 0.653. The molecule has 0 bridgehead atoms. The Bertz CT molecular complexity index is 693. The van der Waals surface area contributed by atoms with Crippen LogP contribution in [0.15, 0.2) is 30.3 Å². The molecule has 1 saturated carbocycles. The maximum atomic E-state index is 6.06. The number of benzene rings is 1. The first-order valence-electron chi connectivity index (χ1n) is 8.98. The fraction of sp³-hybridized carbons (Fsp3) is 0.500. The Labute approximate surface area is 143 Å². The number of ether oxygens (including phenoxy) is 1. The average molecular weight is 323 g/mol. The summed E-state index contributed by atoms with van der Waals surface area (Å²) in [5, 5.41) is 3.65. The quantitative estimate of drug-likeness (QED) is 0.935. The van der Waals surface area contributed by atoms with Crippen LogP contribution in [0.3, 0.4) is 0 Å². The molecule has 1 aliphatic heterocycles. The molecule has 3 unspecified atom stereocenters. The SMILES string of the molecule is Cc1cc(C)nc(-c2ccc(OCC3CCC4CCNC43)cc2)n1. The van der Waals surface area contributed by atoms with E-state index in [0.29, 0.717) is 12.0 Å². The second kappa shape index (κ2) is 6.52. The van der Waals surface area contributed by atoms with Crippen LogP contribution in [0, 0.1) is 25.7 Å². The van der Waals surface area contributed by atoms with E-state index >= 15 is 0 Å². The first-order chi connectivity index (χ1) is 11.7.